The van der Waals surface area contributed by atoms with Gasteiger partial charge in [0.1, 0.15) is 17.3 Å². The Morgan fingerprint density at radius 1 is 1.06 bits per heavy atom. The summed E-state index contributed by atoms with van der Waals surface area (Å²) in [5.41, 5.74) is 2.56. The molecule has 2 aliphatic heterocycles. The third-order valence-corrected chi connectivity index (χ3v) is 6.09. The first-order chi connectivity index (χ1) is 16.5. The number of aromatic amines is 1. The van der Waals surface area contributed by atoms with Crippen LogP contribution < -0.4 is 0 Å². The maximum atomic E-state index is 13.4. The highest BCUT2D eigenvalue weighted by atomic mass is 16.5. The highest BCUT2D eigenvalue weighted by Crippen LogP contribution is 2.28. The van der Waals surface area contributed by atoms with Gasteiger partial charge in [0, 0.05) is 37.9 Å². The Hall–Kier alpha value is -3.94. The fourth-order valence-corrected chi connectivity index (χ4v) is 4.09. The van der Waals surface area contributed by atoms with E-state index in [0.717, 1.165) is 17.9 Å². The van der Waals surface area contributed by atoms with Gasteiger partial charge in [-0.2, -0.15) is 0 Å². The average Bonchev–Trinajstić information content (AvgIpc) is 3.40. The molecule has 1 aromatic carbocycles. The standard InChI is InChI=1S/C26H29N5O3/c1-18(20-7-5-4-6-8-20)24(19(2)34-3)25(32)21-15-22(29-16-21)26(33)31-13-11-30(12-14-31)23-17-27-9-10-28-23/h4-8,15-17,29H,1,9-14H2,2-3H3/b24-19+. The number of hydrogen-bond donors (Lipinski definition) is 1. The maximum absolute atomic E-state index is 13.4. The number of nitrogens with zero attached hydrogens (tertiary/aromatic N) is 4. The number of amides is 1. The van der Waals surface area contributed by atoms with Crippen molar-refractivity contribution in [3.05, 3.63) is 77.3 Å². The second-order valence-electron chi connectivity index (χ2n) is 8.17. The van der Waals surface area contributed by atoms with Crippen molar-refractivity contribution in [2.45, 2.75) is 6.92 Å². The van der Waals surface area contributed by atoms with E-state index in [1.54, 1.807) is 30.3 Å². The topological polar surface area (TPSA) is 90.4 Å². The van der Waals surface area contributed by atoms with Gasteiger partial charge in [0.15, 0.2) is 5.78 Å². The molecule has 0 radical (unpaired) electrons. The lowest BCUT2D eigenvalue weighted by Crippen LogP contribution is -2.51. The van der Waals surface area contributed by atoms with Gasteiger partial charge in [-0.1, -0.05) is 36.9 Å². The lowest BCUT2D eigenvalue weighted by Gasteiger charge is -2.35. The molecule has 0 unspecified atom stereocenters. The van der Waals surface area contributed by atoms with E-state index in [0.29, 0.717) is 60.9 Å². The smallest absolute Gasteiger partial charge is 0.270 e. The number of amidine groups is 1. The Balaban J connectivity index is 1.47. The van der Waals surface area contributed by atoms with E-state index in [1.807, 2.05) is 30.3 Å². The number of nitrogens with one attached hydrogen (secondary N) is 1. The summed E-state index contributed by atoms with van der Waals surface area (Å²) in [6.07, 6.45) is 3.38. The summed E-state index contributed by atoms with van der Waals surface area (Å²) in [5, 5.41) is 0. The monoisotopic (exact) mass is 459 g/mol. The summed E-state index contributed by atoms with van der Waals surface area (Å²) < 4.78 is 5.40. The zero-order valence-corrected chi connectivity index (χ0v) is 19.6. The molecule has 1 N–H and O–H groups in total. The fraction of sp³-hybridized carbons (Fsp3) is 0.308. The van der Waals surface area contributed by atoms with E-state index in [2.05, 4.69) is 26.4 Å². The molecular weight excluding hydrogens is 430 g/mol. The number of H-pyrrole nitrogens is 1. The quantitative estimate of drug-likeness (QED) is 0.311. The van der Waals surface area contributed by atoms with Crippen LogP contribution in [0.1, 0.15) is 33.3 Å². The van der Waals surface area contributed by atoms with E-state index < -0.39 is 0 Å². The lowest BCUT2D eigenvalue weighted by atomic mass is 9.93. The van der Waals surface area contributed by atoms with Gasteiger partial charge in [-0.25, -0.2) is 0 Å². The number of aromatic nitrogens is 1. The normalized spacial score (nSPS) is 16.6. The average molecular weight is 460 g/mol. The molecule has 0 atom stereocenters. The molecule has 1 saturated heterocycles. The first-order valence-corrected chi connectivity index (χ1v) is 11.3. The van der Waals surface area contributed by atoms with Crippen molar-refractivity contribution in [1.29, 1.82) is 0 Å². The highest BCUT2D eigenvalue weighted by molar-refractivity contribution is 6.29. The van der Waals surface area contributed by atoms with Gasteiger partial charge in [-0.3, -0.25) is 19.6 Å². The van der Waals surface area contributed by atoms with E-state index in [9.17, 15) is 9.59 Å². The molecule has 1 amide bonds. The predicted octanol–water partition coefficient (Wildman–Crippen LogP) is 3.07. The molecule has 0 bridgehead atoms. The van der Waals surface area contributed by atoms with Crippen molar-refractivity contribution in [2.75, 3.05) is 46.4 Å². The molecule has 0 saturated carbocycles. The van der Waals surface area contributed by atoms with Crippen molar-refractivity contribution >= 4 is 29.3 Å². The van der Waals surface area contributed by atoms with E-state index >= 15 is 0 Å². The number of carbonyl (C=O) groups is 2. The molecule has 0 spiro atoms. The molecule has 8 nitrogen and oxygen atoms in total. The second-order valence-corrected chi connectivity index (χ2v) is 8.17. The molecule has 1 fully saturated rings. The van der Waals surface area contributed by atoms with E-state index in [4.69, 9.17) is 4.74 Å². The zero-order valence-electron chi connectivity index (χ0n) is 19.6. The third-order valence-electron chi connectivity index (χ3n) is 6.09. The van der Waals surface area contributed by atoms with Crippen molar-refractivity contribution in [3.8, 4) is 0 Å². The number of ether oxygens (including phenoxy) is 1. The third kappa shape index (κ3) is 4.85. The van der Waals surface area contributed by atoms with Crippen LogP contribution in [0.25, 0.3) is 5.57 Å². The minimum Gasteiger partial charge on any atom is -0.501 e. The minimum absolute atomic E-state index is 0.131. The molecule has 0 aliphatic carbocycles. The molecule has 2 aliphatic rings. The molecule has 176 valence electrons. The minimum atomic E-state index is -0.247. The number of Topliss-reactive ketones (excluding diaryl/α,β-unsaturated/α-hetero) is 1. The van der Waals surface area contributed by atoms with Crippen molar-refractivity contribution in [1.82, 2.24) is 14.8 Å². The number of carbonyl (C=O) groups excluding carboxylic acids is 2. The van der Waals surface area contributed by atoms with Gasteiger partial charge in [0.05, 0.1) is 32.0 Å². The van der Waals surface area contributed by atoms with E-state index in [1.165, 1.54) is 7.11 Å². The molecule has 8 heteroatoms. The molecular formula is C26H29N5O3. The Morgan fingerprint density at radius 2 is 1.79 bits per heavy atom. The molecule has 1 aromatic heterocycles. The number of ketones is 1. The number of hydrogen-bond acceptors (Lipinski definition) is 6. The van der Waals surface area contributed by atoms with Crippen LogP contribution >= 0.6 is 0 Å². The SMILES string of the molecule is C=C(/C(C(=O)c1c[nH]c(C(=O)N2CCN(C3=NCCN=C3)CC2)c1)=C(/C)OC)c1ccccc1. The largest absolute Gasteiger partial charge is 0.501 e. The van der Waals surface area contributed by atoms with Crippen molar-refractivity contribution in [3.63, 3.8) is 0 Å². The van der Waals surface area contributed by atoms with Crippen LogP contribution in [-0.2, 0) is 4.74 Å². The summed E-state index contributed by atoms with van der Waals surface area (Å²) >= 11 is 0. The number of allylic oxidation sites excluding steroid dienone is 3. The number of benzene rings is 1. The molecule has 4 rings (SSSR count). The second kappa shape index (κ2) is 10.3. The Labute approximate surface area is 199 Å². The fourth-order valence-electron chi connectivity index (χ4n) is 4.09. The molecule has 2 aromatic rings. The summed E-state index contributed by atoms with van der Waals surface area (Å²) in [6.45, 7) is 9.85. The molecule has 34 heavy (non-hydrogen) atoms. The van der Waals surface area contributed by atoms with Crippen LogP contribution in [0.5, 0.6) is 0 Å². The molecule has 3 heterocycles. The Morgan fingerprint density at radius 3 is 2.44 bits per heavy atom. The number of piperazine rings is 1. The van der Waals surface area contributed by atoms with Crippen molar-refractivity contribution < 1.29 is 14.3 Å². The van der Waals surface area contributed by atoms with E-state index in [-0.39, 0.29) is 11.7 Å². The van der Waals surface area contributed by atoms with Crippen LogP contribution in [0.15, 0.2) is 70.5 Å². The van der Waals surface area contributed by atoms with Crippen LogP contribution in [0.4, 0.5) is 0 Å². The van der Waals surface area contributed by atoms with Crippen molar-refractivity contribution in [2.24, 2.45) is 9.98 Å². The first kappa shape index (κ1) is 23.2. The van der Waals surface area contributed by atoms with Gasteiger partial charge >= 0.3 is 0 Å². The summed E-state index contributed by atoms with van der Waals surface area (Å²) in [7, 11) is 1.53. The predicted molar refractivity (Wildman–Crippen MR) is 133 cm³/mol. The van der Waals surface area contributed by atoms with Crippen LogP contribution in [0.2, 0.25) is 0 Å². The Bertz CT molecular complexity index is 1170. The summed E-state index contributed by atoms with van der Waals surface area (Å²) in [4.78, 5) is 42.2. The zero-order chi connectivity index (χ0) is 24.1. The van der Waals surface area contributed by atoms with Crippen LogP contribution in [0, 0.1) is 0 Å². The Kier molecular flexibility index (Phi) is 7.06. The lowest BCUT2D eigenvalue weighted by molar-refractivity contribution is 0.0687. The van der Waals surface area contributed by atoms with Crippen LogP contribution in [0.3, 0.4) is 0 Å². The maximum Gasteiger partial charge on any atom is 0.270 e. The van der Waals surface area contributed by atoms with Crippen LogP contribution in [-0.4, -0.2) is 84.9 Å². The highest BCUT2D eigenvalue weighted by Gasteiger charge is 2.27. The number of methoxy groups -OCH3 is 1. The summed E-state index contributed by atoms with van der Waals surface area (Å²) in [5.74, 6) is 0.979. The number of rotatable bonds is 6. The van der Waals surface area contributed by atoms with Gasteiger partial charge in [-0.15, -0.1) is 0 Å². The first-order valence-electron chi connectivity index (χ1n) is 11.3. The van der Waals surface area contributed by atoms with Gasteiger partial charge in [-0.05, 0) is 24.1 Å². The van der Waals surface area contributed by atoms with Gasteiger partial charge in [0.2, 0.25) is 0 Å². The van der Waals surface area contributed by atoms with Gasteiger partial charge < -0.3 is 19.5 Å². The van der Waals surface area contributed by atoms with Gasteiger partial charge in [0.25, 0.3) is 5.91 Å². The number of aliphatic imine (C=N–C) groups is 2. The summed E-state index contributed by atoms with van der Waals surface area (Å²) in [6, 6.07) is 11.1.